The average molecular weight is 328 g/mol. The number of aliphatic hydroxyl groups excluding tert-OH is 1. The van der Waals surface area contributed by atoms with E-state index >= 15 is 0 Å². The molecule has 0 aromatic carbocycles. The fraction of sp³-hybridized carbons (Fsp3) is 0.333. The summed E-state index contributed by atoms with van der Waals surface area (Å²) < 4.78 is 0.869. The zero-order valence-corrected chi connectivity index (χ0v) is 12.6. The predicted molar refractivity (Wildman–Crippen MR) is 76.8 cm³/mol. The third kappa shape index (κ3) is 3.07. The molecular weight excluding hydrogens is 314 g/mol. The van der Waals surface area contributed by atoms with E-state index in [1.807, 2.05) is 30.3 Å². The first-order valence-corrected chi connectivity index (χ1v) is 7.15. The summed E-state index contributed by atoms with van der Waals surface area (Å²) in [5.74, 6) is 0.784. The van der Waals surface area contributed by atoms with E-state index in [1.54, 1.807) is 17.5 Å². The number of aromatic nitrogens is 2. The number of pyridine rings is 1. The number of aliphatic hydroxyl groups is 1. The first-order chi connectivity index (χ1) is 8.60. The Kier molecular flexibility index (Phi) is 4.31. The Balaban J connectivity index is 2.20. The van der Waals surface area contributed by atoms with Gasteiger partial charge in [-0.25, -0.2) is 9.97 Å². The molecule has 0 radical (unpaired) electrons. The van der Waals surface area contributed by atoms with Crippen LogP contribution in [-0.2, 0) is 13.2 Å². The smallest absolute Gasteiger partial charge is 0.134 e. The van der Waals surface area contributed by atoms with Crippen molar-refractivity contribution in [3.8, 4) is 0 Å². The Morgan fingerprint density at radius 1 is 1.50 bits per heavy atom. The molecule has 0 atom stereocenters. The fourth-order valence-corrected chi connectivity index (χ4v) is 2.72. The van der Waals surface area contributed by atoms with Crippen LogP contribution in [0.4, 0.5) is 5.82 Å². The van der Waals surface area contributed by atoms with E-state index in [1.165, 1.54) is 0 Å². The molecule has 0 fully saturated rings. The minimum absolute atomic E-state index is 0.0256. The number of rotatable bonds is 4. The summed E-state index contributed by atoms with van der Waals surface area (Å²) >= 11 is 4.99. The van der Waals surface area contributed by atoms with Crippen LogP contribution in [0.25, 0.3) is 0 Å². The average Bonchev–Trinajstić information content (AvgIpc) is 2.74. The van der Waals surface area contributed by atoms with Gasteiger partial charge in [-0.1, -0.05) is 0 Å². The maximum atomic E-state index is 9.36. The number of aryl methyl sites for hydroxylation is 1. The van der Waals surface area contributed by atoms with Gasteiger partial charge in [0.1, 0.15) is 5.82 Å². The van der Waals surface area contributed by atoms with E-state index in [0.717, 1.165) is 26.6 Å². The van der Waals surface area contributed by atoms with E-state index in [4.69, 9.17) is 0 Å². The molecule has 1 N–H and O–H groups in total. The van der Waals surface area contributed by atoms with Crippen LogP contribution in [-0.4, -0.2) is 22.1 Å². The first-order valence-electron chi connectivity index (χ1n) is 5.47. The largest absolute Gasteiger partial charge is 0.392 e. The molecule has 4 nitrogen and oxygen atoms in total. The van der Waals surface area contributed by atoms with Crippen molar-refractivity contribution in [2.24, 2.45) is 0 Å². The van der Waals surface area contributed by atoms with Crippen LogP contribution >= 0.6 is 27.3 Å². The van der Waals surface area contributed by atoms with Crippen molar-refractivity contribution in [3.05, 3.63) is 38.4 Å². The summed E-state index contributed by atoms with van der Waals surface area (Å²) in [6, 6.07) is 1.88. The predicted octanol–water partition coefficient (Wildman–Crippen LogP) is 2.74. The van der Waals surface area contributed by atoms with Crippen molar-refractivity contribution in [2.45, 2.75) is 20.1 Å². The molecule has 2 rings (SSSR count). The van der Waals surface area contributed by atoms with Crippen LogP contribution in [0.1, 0.15) is 16.3 Å². The quantitative estimate of drug-likeness (QED) is 0.938. The van der Waals surface area contributed by atoms with E-state index < -0.39 is 0 Å². The first kappa shape index (κ1) is 13.5. The molecule has 2 heterocycles. The van der Waals surface area contributed by atoms with E-state index in [9.17, 15) is 5.11 Å². The summed E-state index contributed by atoms with van der Waals surface area (Å²) in [6.07, 6.45) is 1.73. The van der Waals surface area contributed by atoms with Gasteiger partial charge in [0.2, 0.25) is 0 Å². The molecule has 0 bridgehead atoms. The Labute approximate surface area is 118 Å². The van der Waals surface area contributed by atoms with Crippen molar-refractivity contribution in [1.82, 2.24) is 9.97 Å². The van der Waals surface area contributed by atoms with Crippen LogP contribution in [0, 0.1) is 6.92 Å². The molecule has 0 unspecified atom stereocenters. The summed E-state index contributed by atoms with van der Waals surface area (Å²) in [5, 5.41) is 12.5. The number of hydrogen-bond donors (Lipinski definition) is 1. The van der Waals surface area contributed by atoms with Crippen LogP contribution in [0.5, 0.6) is 0 Å². The van der Waals surface area contributed by atoms with Gasteiger partial charge >= 0.3 is 0 Å². The number of halogens is 1. The second-order valence-electron chi connectivity index (χ2n) is 4.01. The molecule has 0 saturated heterocycles. The van der Waals surface area contributed by atoms with Gasteiger partial charge < -0.3 is 10.0 Å². The van der Waals surface area contributed by atoms with E-state index in [2.05, 4.69) is 25.9 Å². The second kappa shape index (κ2) is 5.77. The van der Waals surface area contributed by atoms with Crippen molar-refractivity contribution in [1.29, 1.82) is 0 Å². The van der Waals surface area contributed by atoms with Gasteiger partial charge in [0.25, 0.3) is 0 Å². The van der Waals surface area contributed by atoms with Crippen LogP contribution < -0.4 is 4.90 Å². The van der Waals surface area contributed by atoms with Crippen LogP contribution in [0.3, 0.4) is 0 Å². The van der Waals surface area contributed by atoms with Crippen molar-refractivity contribution in [2.75, 3.05) is 11.9 Å². The summed E-state index contributed by atoms with van der Waals surface area (Å²) in [4.78, 5) is 10.8. The minimum Gasteiger partial charge on any atom is -0.392 e. The normalized spacial score (nSPS) is 10.7. The van der Waals surface area contributed by atoms with Crippen molar-refractivity contribution in [3.63, 3.8) is 0 Å². The van der Waals surface area contributed by atoms with Crippen molar-refractivity contribution >= 4 is 33.1 Å². The molecule has 0 spiro atoms. The molecule has 0 aliphatic heterocycles. The SMILES string of the molecule is Cc1nc(CN(C)c2ncc(Br)cc2CO)cs1. The minimum atomic E-state index is -0.0256. The Bertz CT molecular complexity index is 544. The van der Waals surface area contributed by atoms with Gasteiger partial charge in [-0.3, -0.25) is 0 Å². The van der Waals surface area contributed by atoms with Gasteiger partial charge in [-0.05, 0) is 28.9 Å². The molecule has 96 valence electrons. The van der Waals surface area contributed by atoms with Gasteiger partial charge in [0.05, 0.1) is 23.9 Å². The molecule has 0 aliphatic rings. The lowest BCUT2D eigenvalue weighted by molar-refractivity contribution is 0.281. The maximum Gasteiger partial charge on any atom is 0.134 e. The third-order valence-corrected chi connectivity index (χ3v) is 3.76. The second-order valence-corrected chi connectivity index (χ2v) is 5.99. The lowest BCUT2D eigenvalue weighted by Crippen LogP contribution is -2.19. The van der Waals surface area contributed by atoms with E-state index in [0.29, 0.717) is 6.54 Å². The molecule has 0 saturated carbocycles. The molecule has 0 amide bonds. The van der Waals surface area contributed by atoms with Gasteiger partial charge in [-0.2, -0.15) is 0 Å². The molecule has 2 aromatic rings. The fourth-order valence-electron chi connectivity index (χ4n) is 1.73. The summed E-state index contributed by atoms with van der Waals surface area (Å²) in [6.45, 7) is 2.65. The van der Waals surface area contributed by atoms with Gasteiger partial charge in [-0.15, -0.1) is 11.3 Å². The molecule has 18 heavy (non-hydrogen) atoms. The zero-order valence-electron chi connectivity index (χ0n) is 10.2. The highest BCUT2D eigenvalue weighted by atomic mass is 79.9. The topological polar surface area (TPSA) is 49.2 Å². The zero-order chi connectivity index (χ0) is 13.1. The number of anilines is 1. The summed E-state index contributed by atoms with van der Waals surface area (Å²) in [7, 11) is 1.95. The number of nitrogens with zero attached hydrogens (tertiary/aromatic N) is 3. The monoisotopic (exact) mass is 327 g/mol. The highest BCUT2D eigenvalue weighted by Crippen LogP contribution is 2.22. The highest BCUT2D eigenvalue weighted by molar-refractivity contribution is 9.10. The van der Waals surface area contributed by atoms with E-state index in [-0.39, 0.29) is 6.61 Å². The van der Waals surface area contributed by atoms with Crippen molar-refractivity contribution < 1.29 is 5.11 Å². The summed E-state index contributed by atoms with van der Waals surface area (Å²) in [5.41, 5.74) is 1.83. The lowest BCUT2D eigenvalue weighted by Gasteiger charge is -2.19. The number of hydrogen-bond acceptors (Lipinski definition) is 5. The van der Waals surface area contributed by atoms with Crippen LogP contribution in [0.15, 0.2) is 22.1 Å². The third-order valence-electron chi connectivity index (χ3n) is 2.51. The molecule has 2 aromatic heterocycles. The standard InChI is InChI=1S/C12H14BrN3OS/c1-8-15-11(7-18-8)5-16(2)12-9(6-17)3-10(13)4-14-12/h3-4,7,17H,5-6H2,1-2H3. The Morgan fingerprint density at radius 3 is 2.89 bits per heavy atom. The number of thiazole rings is 1. The Hall–Kier alpha value is -0.980. The van der Waals surface area contributed by atoms with Crippen LogP contribution in [0.2, 0.25) is 0 Å². The molecule has 0 aliphatic carbocycles. The van der Waals surface area contributed by atoms with Gasteiger partial charge in [0, 0.05) is 28.7 Å². The van der Waals surface area contributed by atoms with Gasteiger partial charge in [0.15, 0.2) is 0 Å². The Morgan fingerprint density at radius 2 is 2.28 bits per heavy atom. The maximum absolute atomic E-state index is 9.36. The molecular formula is C12H14BrN3OS. The molecule has 6 heteroatoms. The highest BCUT2D eigenvalue weighted by Gasteiger charge is 2.11. The lowest BCUT2D eigenvalue weighted by atomic mass is 10.2.